The number of halogens is 3. The van der Waals surface area contributed by atoms with Crippen LogP contribution in [0, 0.1) is 6.92 Å². The van der Waals surface area contributed by atoms with Crippen molar-refractivity contribution in [3.63, 3.8) is 0 Å². The van der Waals surface area contributed by atoms with Crippen LogP contribution < -0.4 is 4.74 Å². The number of carboxylic acid groups (broad SMARTS) is 1. The third-order valence-corrected chi connectivity index (χ3v) is 6.33. The fourth-order valence-corrected chi connectivity index (χ4v) is 4.78. The van der Waals surface area contributed by atoms with E-state index in [0.29, 0.717) is 29.0 Å². The molecule has 0 amide bonds. The summed E-state index contributed by atoms with van der Waals surface area (Å²) in [5.74, 6) is -0.854. The first-order valence-electron chi connectivity index (χ1n) is 10.6. The molecule has 1 aromatic heterocycles. The van der Waals surface area contributed by atoms with E-state index in [1.54, 1.807) is 31.2 Å². The topological polar surface area (TPSA) is 76.5 Å². The molecule has 1 N–H and O–H groups in total. The summed E-state index contributed by atoms with van der Waals surface area (Å²) in [5, 5.41) is 9.03. The molecule has 34 heavy (non-hydrogen) atoms. The van der Waals surface area contributed by atoms with Gasteiger partial charge in [0, 0.05) is 22.4 Å². The highest BCUT2D eigenvalue weighted by Crippen LogP contribution is 2.40. The summed E-state index contributed by atoms with van der Waals surface area (Å²) in [6.45, 7) is 5.08. The summed E-state index contributed by atoms with van der Waals surface area (Å²) in [6.07, 6.45) is -3.97. The molecule has 0 bridgehead atoms. The Hall–Kier alpha value is -3.20. The normalized spacial score (nSPS) is 11.6. The molecule has 1 heterocycles. The molecular formula is C25H24F3NO4S. The summed E-state index contributed by atoms with van der Waals surface area (Å²) < 4.78 is 45.6. The zero-order valence-corrected chi connectivity index (χ0v) is 19.7. The molecule has 3 aromatic rings. The number of hydrogen-bond donors (Lipinski definition) is 1. The maximum Gasteiger partial charge on any atom is 0.417 e. The first kappa shape index (κ1) is 25.4. The lowest BCUT2D eigenvalue weighted by atomic mass is 10.0. The number of alkyl halides is 3. The molecule has 0 aliphatic carbocycles. The molecule has 5 nitrogen and oxygen atoms in total. The lowest BCUT2D eigenvalue weighted by Crippen LogP contribution is -2.10. The Bertz CT molecular complexity index is 1200. The van der Waals surface area contributed by atoms with Gasteiger partial charge in [-0.2, -0.15) is 13.2 Å². The Morgan fingerprint density at radius 2 is 1.85 bits per heavy atom. The molecular weight excluding hydrogens is 467 g/mol. The number of thiazole rings is 1. The molecule has 9 heteroatoms. The largest absolute Gasteiger partial charge is 0.482 e. The van der Waals surface area contributed by atoms with Gasteiger partial charge in [-0.3, -0.25) is 4.79 Å². The van der Waals surface area contributed by atoms with Crippen LogP contribution in [-0.4, -0.2) is 28.4 Å². The number of nitrogens with zero attached hydrogens (tertiary/aromatic N) is 1. The van der Waals surface area contributed by atoms with Gasteiger partial charge in [-0.15, -0.1) is 11.3 Å². The zero-order chi connectivity index (χ0) is 25.0. The number of aryl methyl sites for hydroxylation is 2. The maximum absolute atomic E-state index is 13.5. The summed E-state index contributed by atoms with van der Waals surface area (Å²) in [6, 6.07) is 10.1. The fourth-order valence-electron chi connectivity index (χ4n) is 3.52. The highest BCUT2D eigenvalue weighted by molar-refractivity contribution is 7.15. The van der Waals surface area contributed by atoms with Crippen molar-refractivity contribution in [2.75, 3.05) is 6.61 Å². The lowest BCUT2D eigenvalue weighted by molar-refractivity contribution is -0.139. The number of carbonyl (C=O) groups excluding carboxylic acids is 1. The standard InChI is InChI=1S/C25H24F3NO4S/c1-14(2)23-21(34-24(29-23)17-6-4-5-7-18(17)25(26,27)28)11-9-19(30)16-8-10-20(15(3)12-16)33-13-22(31)32/h4-8,10,12,14H,9,11,13H2,1-3H3,(H,31,32). The molecule has 0 aliphatic heterocycles. The van der Waals surface area contributed by atoms with Gasteiger partial charge in [-0.25, -0.2) is 9.78 Å². The third-order valence-electron chi connectivity index (χ3n) is 5.16. The highest BCUT2D eigenvalue weighted by Gasteiger charge is 2.34. The van der Waals surface area contributed by atoms with Gasteiger partial charge >= 0.3 is 12.1 Å². The molecule has 0 saturated heterocycles. The molecule has 0 saturated carbocycles. The van der Waals surface area contributed by atoms with Gasteiger partial charge in [-0.05, 0) is 49.1 Å². The summed E-state index contributed by atoms with van der Waals surface area (Å²) in [4.78, 5) is 28.8. The van der Waals surface area contributed by atoms with E-state index in [1.807, 2.05) is 13.8 Å². The van der Waals surface area contributed by atoms with Gasteiger partial charge in [0.15, 0.2) is 12.4 Å². The van der Waals surface area contributed by atoms with Gasteiger partial charge < -0.3 is 9.84 Å². The number of carboxylic acids is 1. The number of hydrogen-bond acceptors (Lipinski definition) is 5. The van der Waals surface area contributed by atoms with E-state index in [-0.39, 0.29) is 28.7 Å². The van der Waals surface area contributed by atoms with Crippen molar-refractivity contribution >= 4 is 23.1 Å². The summed E-state index contributed by atoms with van der Waals surface area (Å²) in [5.41, 5.74) is 1.09. The van der Waals surface area contributed by atoms with Crippen molar-refractivity contribution < 1.29 is 32.6 Å². The van der Waals surface area contributed by atoms with Crippen molar-refractivity contribution in [3.8, 4) is 16.3 Å². The molecule has 0 atom stereocenters. The highest BCUT2D eigenvalue weighted by atomic mass is 32.1. The second-order valence-corrected chi connectivity index (χ2v) is 9.19. The Balaban J connectivity index is 1.81. The minimum atomic E-state index is -4.49. The number of carbonyl (C=O) groups is 2. The average Bonchev–Trinajstić information content (AvgIpc) is 3.20. The van der Waals surface area contributed by atoms with Crippen molar-refractivity contribution in [1.82, 2.24) is 4.98 Å². The van der Waals surface area contributed by atoms with Gasteiger partial charge in [0.05, 0.1) is 11.3 Å². The van der Waals surface area contributed by atoms with Crippen LogP contribution in [0.4, 0.5) is 13.2 Å². The summed E-state index contributed by atoms with van der Waals surface area (Å²) >= 11 is 1.18. The molecule has 0 fully saturated rings. The maximum atomic E-state index is 13.5. The number of benzene rings is 2. The van der Waals surface area contributed by atoms with Crippen LogP contribution in [-0.2, 0) is 17.4 Å². The van der Waals surface area contributed by atoms with Crippen LogP contribution in [0.2, 0.25) is 0 Å². The number of Topliss-reactive ketones (excluding diaryl/α,β-unsaturated/α-hetero) is 1. The van der Waals surface area contributed by atoms with E-state index in [2.05, 4.69) is 4.98 Å². The fraction of sp³-hybridized carbons (Fsp3) is 0.320. The van der Waals surface area contributed by atoms with E-state index in [1.165, 1.54) is 23.5 Å². The van der Waals surface area contributed by atoms with Gasteiger partial charge in [0.2, 0.25) is 0 Å². The summed E-state index contributed by atoms with van der Waals surface area (Å²) in [7, 11) is 0. The van der Waals surface area contributed by atoms with E-state index in [0.717, 1.165) is 10.9 Å². The van der Waals surface area contributed by atoms with Crippen molar-refractivity contribution in [3.05, 3.63) is 69.7 Å². The predicted molar refractivity (Wildman–Crippen MR) is 124 cm³/mol. The molecule has 0 aliphatic rings. The second kappa shape index (κ2) is 10.4. The van der Waals surface area contributed by atoms with Crippen molar-refractivity contribution in [1.29, 1.82) is 0 Å². The number of rotatable bonds is 9. The first-order chi connectivity index (χ1) is 16.0. The number of aliphatic carboxylic acids is 1. The van der Waals surface area contributed by atoms with E-state index in [4.69, 9.17) is 9.84 Å². The van der Waals surface area contributed by atoms with Crippen LogP contribution in [0.25, 0.3) is 10.6 Å². The quantitative estimate of drug-likeness (QED) is 0.344. The van der Waals surface area contributed by atoms with E-state index >= 15 is 0 Å². The van der Waals surface area contributed by atoms with Gasteiger partial charge in [0.25, 0.3) is 0 Å². The van der Waals surface area contributed by atoms with Crippen LogP contribution in [0.3, 0.4) is 0 Å². The Morgan fingerprint density at radius 1 is 1.15 bits per heavy atom. The number of ketones is 1. The minimum absolute atomic E-state index is 0.0129. The molecule has 3 rings (SSSR count). The van der Waals surface area contributed by atoms with Gasteiger partial charge in [-0.1, -0.05) is 32.0 Å². The molecule has 0 spiro atoms. The minimum Gasteiger partial charge on any atom is -0.482 e. The van der Waals surface area contributed by atoms with Crippen LogP contribution in [0.5, 0.6) is 5.75 Å². The van der Waals surface area contributed by atoms with Crippen LogP contribution >= 0.6 is 11.3 Å². The lowest BCUT2D eigenvalue weighted by Gasteiger charge is -2.10. The monoisotopic (exact) mass is 491 g/mol. The van der Waals surface area contributed by atoms with Crippen molar-refractivity contribution in [2.24, 2.45) is 0 Å². The zero-order valence-electron chi connectivity index (χ0n) is 18.9. The van der Waals surface area contributed by atoms with E-state index in [9.17, 15) is 22.8 Å². The first-order valence-corrected chi connectivity index (χ1v) is 11.4. The van der Waals surface area contributed by atoms with Crippen LogP contribution in [0.15, 0.2) is 42.5 Å². The predicted octanol–water partition coefficient (Wildman–Crippen LogP) is 6.54. The Morgan fingerprint density at radius 3 is 2.47 bits per heavy atom. The van der Waals surface area contributed by atoms with Gasteiger partial charge in [0.1, 0.15) is 10.8 Å². The SMILES string of the molecule is Cc1cc(C(=O)CCc2sc(-c3ccccc3C(F)(F)F)nc2C(C)C)ccc1OCC(=O)O. The molecule has 0 radical (unpaired) electrons. The smallest absolute Gasteiger partial charge is 0.417 e. The number of aromatic nitrogens is 1. The second-order valence-electron chi connectivity index (χ2n) is 8.11. The Labute approximate surface area is 199 Å². The average molecular weight is 492 g/mol. The molecule has 180 valence electrons. The number of ether oxygens (including phenoxy) is 1. The van der Waals surface area contributed by atoms with Crippen molar-refractivity contribution in [2.45, 2.75) is 45.7 Å². The molecule has 2 aromatic carbocycles. The third kappa shape index (κ3) is 6.02. The van der Waals surface area contributed by atoms with E-state index < -0.39 is 24.3 Å². The van der Waals surface area contributed by atoms with Crippen LogP contribution in [0.1, 0.15) is 58.2 Å². The molecule has 0 unspecified atom stereocenters. The Kier molecular flexibility index (Phi) is 7.76.